The average molecular weight is 554 g/mol. The van der Waals surface area contributed by atoms with Crippen molar-refractivity contribution >= 4 is 34.0 Å². The molecule has 1 unspecified atom stereocenters. The van der Waals surface area contributed by atoms with Crippen molar-refractivity contribution in [3.63, 3.8) is 0 Å². The molecule has 0 radical (unpaired) electrons. The number of carbonyl (C=O) groups is 2. The molecular formula is C28H21F3N2O7. The van der Waals surface area contributed by atoms with Gasteiger partial charge in [0.15, 0.2) is 17.4 Å². The van der Waals surface area contributed by atoms with Crippen LogP contribution in [0.5, 0.6) is 11.5 Å². The first kappa shape index (κ1) is 27.9. The zero-order valence-electron chi connectivity index (χ0n) is 21.0. The summed E-state index contributed by atoms with van der Waals surface area (Å²) in [6, 6.07) is 7.73. The van der Waals surface area contributed by atoms with E-state index in [1.165, 1.54) is 24.3 Å². The van der Waals surface area contributed by atoms with Gasteiger partial charge in [0, 0.05) is 46.1 Å². The largest absolute Gasteiger partial charge is 0.506 e. The van der Waals surface area contributed by atoms with Crippen LogP contribution in [-0.2, 0) is 11.2 Å². The summed E-state index contributed by atoms with van der Waals surface area (Å²) < 4.78 is 47.2. The SMILES string of the molecule is CC.O=C(F)NC(Cc1ccc2c(-c3c4cc(F)c(=O)cc-4oc4cc(O)c(F)cc34)ccc(O)c2n1)C(=O)O. The highest BCUT2D eigenvalue weighted by atomic mass is 19.1. The number of hydrogen-bond donors (Lipinski definition) is 4. The van der Waals surface area contributed by atoms with E-state index in [0.717, 1.165) is 24.3 Å². The van der Waals surface area contributed by atoms with Crippen LogP contribution in [0.2, 0.25) is 0 Å². The second-order valence-corrected chi connectivity index (χ2v) is 8.40. The molecule has 0 saturated heterocycles. The number of carboxylic acids is 1. The van der Waals surface area contributed by atoms with Crippen LogP contribution in [0.3, 0.4) is 0 Å². The molecule has 1 atom stereocenters. The first-order valence-corrected chi connectivity index (χ1v) is 11.9. The molecule has 1 aromatic heterocycles. The molecule has 4 N–H and O–H groups in total. The van der Waals surface area contributed by atoms with Crippen LogP contribution in [0.1, 0.15) is 19.5 Å². The first-order chi connectivity index (χ1) is 19.0. The van der Waals surface area contributed by atoms with Gasteiger partial charge in [-0.2, -0.15) is 0 Å². The lowest BCUT2D eigenvalue weighted by Gasteiger charge is -2.18. The van der Waals surface area contributed by atoms with Crippen molar-refractivity contribution in [2.24, 2.45) is 0 Å². The van der Waals surface area contributed by atoms with E-state index in [1.807, 2.05) is 13.8 Å². The molecule has 1 aliphatic carbocycles. The van der Waals surface area contributed by atoms with Gasteiger partial charge >= 0.3 is 12.1 Å². The number of aromatic nitrogens is 1. The normalized spacial score (nSPS) is 11.7. The molecule has 206 valence electrons. The number of carboxylic acid groups (broad SMARTS) is 1. The number of fused-ring (bicyclic) bond motifs is 3. The summed E-state index contributed by atoms with van der Waals surface area (Å²) in [5.74, 6) is -4.68. The number of nitrogens with one attached hydrogen (secondary N) is 1. The van der Waals surface area contributed by atoms with Gasteiger partial charge < -0.3 is 25.1 Å². The summed E-state index contributed by atoms with van der Waals surface area (Å²) in [5.41, 5.74) is -0.320. The molecule has 2 heterocycles. The summed E-state index contributed by atoms with van der Waals surface area (Å²) in [7, 11) is 0. The highest BCUT2D eigenvalue weighted by Crippen LogP contribution is 2.44. The Morgan fingerprint density at radius 3 is 2.35 bits per heavy atom. The number of aliphatic carboxylic acids is 1. The molecule has 2 aliphatic rings. The van der Waals surface area contributed by atoms with Crippen molar-refractivity contribution in [2.45, 2.75) is 26.3 Å². The van der Waals surface area contributed by atoms with E-state index in [4.69, 9.17) is 4.42 Å². The van der Waals surface area contributed by atoms with Crippen LogP contribution in [0.25, 0.3) is 44.3 Å². The van der Waals surface area contributed by atoms with E-state index in [1.54, 1.807) is 5.32 Å². The summed E-state index contributed by atoms with van der Waals surface area (Å²) in [6.45, 7) is 4.00. The lowest BCUT2D eigenvalue weighted by molar-refractivity contribution is -0.139. The molecule has 1 amide bonds. The van der Waals surface area contributed by atoms with E-state index in [2.05, 4.69) is 4.98 Å². The third-order valence-corrected chi connectivity index (χ3v) is 6.00. The van der Waals surface area contributed by atoms with Crippen molar-refractivity contribution in [2.75, 3.05) is 0 Å². The van der Waals surface area contributed by atoms with Crippen LogP contribution in [0, 0.1) is 11.6 Å². The highest BCUT2D eigenvalue weighted by molar-refractivity contribution is 6.09. The predicted molar refractivity (Wildman–Crippen MR) is 139 cm³/mol. The van der Waals surface area contributed by atoms with E-state index in [9.17, 15) is 42.9 Å². The van der Waals surface area contributed by atoms with Crippen molar-refractivity contribution in [3.05, 3.63) is 76.1 Å². The minimum Gasteiger partial charge on any atom is -0.506 e. The molecule has 0 fully saturated rings. The number of hydrogen-bond acceptors (Lipinski definition) is 7. The third-order valence-electron chi connectivity index (χ3n) is 6.00. The van der Waals surface area contributed by atoms with Gasteiger partial charge in [-0.05, 0) is 35.9 Å². The monoisotopic (exact) mass is 554 g/mol. The Balaban J connectivity index is 0.00000181. The van der Waals surface area contributed by atoms with Crippen LogP contribution in [0.15, 0.2) is 57.7 Å². The number of benzene rings is 3. The fraction of sp³-hybridized carbons (Fsp3) is 0.143. The standard InChI is InChI=1S/C26H15F3N2O7.C2H6/c27-15-6-13-21(8-19(15)33)38-22-9-20(34)16(28)7-14(22)23(13)11-3-4-18(32)24-12(11)2-1-10(30-24)5-17(25(35)36)31-26(29)37;1-2/h1-4,6-9,17,32-33H,5H2,(H,31,37)(H,35,36);1-2H3. The number of phenols is 2. The van der Waals surface area contributed by atoms with E-state index >= 15 is 0 Å². The average Bonchev–Trinajstić information content (AvgIpc) is 2.91. The molecule has 1 aliphatic heterocycles. The number of aromatic hydroxyl groups is 2. The van der Waals surface area contributed by atoms with Crippen LogP contribution in [0.4, 0.5) is 18.0 Å². The van der Waals surface area contributed by atoms with E-state index < -0.39 is 47.4 Å². The lowest BCUT2D eigenvalue weighted by atomic mass is 9.91. The molecular weight excluding hydrogens is 533 g/mol. The van der Waals surface area contributed by atoms with E-state index in [0.29, 0.717) is 5.56 Å². The Bertz CT molecular complexity index is 1820. The number of phenolic OH excluding ortho intramolecular Hbond substituents is 2. The number of amides is 1. The van der Waals surface area contributed by atoms with Gasteiger partial charge in [-0.1, -0.05) is 19.9 Å². The van der Waals surface area contributed by atoms with Crippen LogP contribution < -0.4 is 10.7 Å². The second kappa shape index (κ2) is 10.9. The number of nitrogens with zero attached hydrogens (tertiary/aromatic N) is 1. The fourth-order valence-corrected chi connectivity index (χ4v) is 4.31. The maximum atomic E-state index is 14.4. The number of pyridine rings is 1. The van der Waals surface area contributed by atoms with Crippen molar-refractivity contribution < 1.29 is 42.5 Å². The van der Waals surface area contributed by atoms with Crippen LogP contribution >= 0.6 is 0 Å². The molecule has 0 spiro atoms. The summed E-state index contributed by atoms with van der Waals surface area (Å²) in [4.78, 5) is 38.3. The first-order valence-electron chi connectivity index (χ1n) is 11.9. The van der Waals surface area contributed by atoms with Crippen molar-refractivity contribution in [1.82, 2.24) is 10.3 Å². The van der Waals surface area contributed by atoms with Crippen LogP contribution in [-0.4, -0.2) is 38.5 Å². The minimum atomic E-state index is -2.04. The van der Waals surface area contributed by atoms with Gasteiger partial charge in [0.25, 0.3) is 0 Å². The molecule has 2 aromatic carbocycles. The Hall–Kier alpha value is -5.13. The maximum Gasteiger partial charge on any atom is 0.398 e. The number of rotatable bonds is 5. The van der Waals surface area contributed by atoms with E-state index in [-0.39, 0.29) is 50.2 Å². The Morgan fingerprint density at radius 1 is 0.950 bits per heavy atom. The zero-order valence-corrected chi connectivity index (χ0v) is 21.0. The second-order valence-electron chi connectivity index (χ2n) is 8.40. The smallest absolute Gasteiger partial charge is 0.398 e. The molecule has 0 bridgehead atoms. The Morgan fingerprint density at radius 2 is 1.68 bits per heavy atom. The van der Waals surface area contributed by atoms with Gasteiger partial charge in [0.1, 0.15) is 28.7 Å². The summed E-state index contributed by atoms with van der Waals surface area (Å²) >= 11 is 0. The van der Waals surface area contributed by atoms with Gasteiger partial charge in [0.2, 0.25) is 5.43 Å². The number of halogens is 3. The van der Waals surface area contributed by atoms with Gasteiger partial charge in [-0.25, -0.2) is 23.4 Å². The quantitative estimate of drug-likeness (QED) is 0.126. The summed E-state index contributed by atoms with van der Waals surface area (Å²) in [6.07, 6.45) is -2.45. The Kier molecular flexibility index (Phi) is 7.62. The van der Waals surface area contributed by atoms with Gasteiger partial charge in [0.05, 0.1) is 0 Å². The highest BCUT2D eigenvalue weighted by Gasteiger charge is 2.24. The summed E-state index contributed by atoms with van der Waals surface area (Å²) in [5, 5.41) is 31.7. The third kappa shape index (κ3) is 5.10. The number of carbonyl (C=O) groups excluding carboxylic acids is 1. The van der Waals surface area contributed by atoms with Gasteiger partial charge in [-0.3, -0.25) is 4.79 Å². The zero-order chi connectivity index (χ0) is 29.3. The molecule has 40 heavy (non-hydrogen) atoms. The van der Waals surface area contributed by atoms with Crippen molar-refractivity contribution in [3.8, 4) is 33.9 Å². The van der Waals surface area contributed by atoms with Crippen molar-refractivity contribution in [1.29, 1.82) is 0 Å². The molecule has 0 saturated carbocycles. The predicted octanol–water partition coefficient (Wildman–Crippen LogP) is 5.50. The topological polar surface area (TPSA) is 150 Å². The van der Waals surface area contributed by atoms with Gasteiger partial charge in [-0.15, -0.1) is 4.39 Å². The molecule has 9 nitrogen and oxygen atoms in total. The Labute approximate surface area is 223 Å². The maximum absolute atomic E-state index is 14.4. The molecule has 5 rings (SSSR count). The fourth-order valence-electron chi connectivity index (χ4n) is 4.31. The minimum absolute atomic E-state index is 0.0190. The molecule has 12 heteroatoms. The molecule has 3 aromatic rings. The lowest BCUT2D eigenvalue weighted by Crippen LogP contribution is -2.40.